The predicted octanol–water partition coefficient (Wildman–Crippen LogP) is 2.38. The number of aryl methyl sites for hydroxylation is 1. The zero-order valence-corrected chi connectivity index (χ0v) is 8.62. The Kier molecular flexibility index (Phi) is 2.65. The topological polar surface area (TPSA) is 46.3 Å². The standard InChI is InChI=1S/C10H11NO2S/c1-2-9-11-8(6-14-9)10(12)7-3-4-13-5-7/h3-6,10,12H,2H2,1H3. The molecule has 2 aromatic rings. The molecule has 0 spiro atoms. The smallest absolute Gasteiger partial charge is 0.125 e. The van der Waals surface area contributed by atoms with Gasteiger partial charge in [0.2, 0.25) is 0 Å². The Hall–Kier alpha value is -1.13. The minimum atomic E-state index is -0.662. The summed E-state index contributed by atoms with van der Waals surface area (Å²) in [4.78, 5) is 4.31. The van der Waals surface area contributed by atoms with Gasteiger partial charge in [-0.15, -0.1) is 11.3 Å². The third-order valence-corrected chi connectivity index (χ3v) is 3.02. The monoisotopic (exact) mass is 209 g/mol. The molecule has 0 saturated heterocycles. The van der Waals surface area contributed by atoms with Crippen molar-refractivity contribution < 1.29 is 9.52 Å². The molecular formula is C10H11NO2S. The first-order chi connectivity index (χ1) is 6.81. The van der Waals surface area contributed by atoms with Gasteiger partial charge in [-0.1, -0.05) is 6.92 Å². The minimum Gasteiger partial charge on any atom is -0.472 e. The molecule has 1 unspecified atom stereocenters. The quantitative estimate of drug-likeness (QED) is 0.844. The van der Waals surface area contributed by atoms with E-state index >= 15 is 0 Å². The summed E-state index contributed by atoms with van der Waals surface area (Å²) in [7, 11) is 0. The Bertz CT molecular complexity index is 394. The van der Waals surface area contributed by atoms with E-state index in [4.69, 9.17) is 4.42 Å². The molecule has 2 heterocycles. The number of aliphatic hydroxyl groups is 1. The van der Waals surface area contributed by atoms with Gasteiger partial charge in [-0.2, -0.15) is 0 Å². The van der Waals surface area contributed by atoms with Crippen LogP contribution >= 0.6 is 11.3 Å². The normalized spacial score (nSPS) is 13.0. The van der Waals surface area contributed by atoms with Gasteiger partial charge in [0.15, 0.2) is 0 Å². The fourth-order valence-corrected chi connectivity index (χ4v) is 1.98. The Morgan fingerprint density at radius 2 is 2.50 bits per heavy atom. The second-order valence-electron chi connectivity index (χ2n) is 2.98. The second-order valence-corrected chi connectivity index (χ2v) is 3.92. The molecule has 0 fully saturated rings. The summed E-state index contributed by atoms with van der Waals surface area (Å²) >= 11 is 1.57. The van der Waals surface area contributed by atoms with Gasteiger partial charge in [-0.25, -0.2) is 4.98 Å². The highest BCUT2D eigenvalue weighted by Gasteiger charge is 2.14. The van der Waals surface area contributed by atoms with E-state index in [0.717, 1.165) is 17.0 Å². The molecule has 3 nitrogen and oxygen atoms in total. The highest BCUT2D eigenvalue weighted by Crippen LogP contribution is 2.23. The van der Waals surface area contributed by atoms with Gasteiger partial charge in [-0.05, 0) is 12.5 Å². The molecule has 1 N–H and O–H groups in total. The number of hydrogen-bond acceptors (Lipinski definition) is 4. The fraction of sp³-hybridized carbons (Fsp3) is 0.300. The molecule has 0 aliphatic heterocycles. The molecule has 0 amide bonds. The van der Waals surface area contributed by atoms with Crippen molar-refractivity contribution in [3.05, 3.63) is 40.2 Å². The van der Waals surface area contributed by atoms with Crippen LogP contribution in [0, 0.1) is 0 Å². The van der Waals surface area contributed by atoms with E-state index in [9.17, 15) is 5.11 Å². The molecule has 0 aliphatic rings. The largest absolute Gasteiger partial charge is 0.472 e. The van der Waals surface area contributed by atoms with Crippen molar-refractivity contribution in [1.82, 2.24) is 4.98 Å². The van der Waals surface area contributed by atoms with Crippen molar-refractivity contribution in [2.45, 2.75) is 19.4 Å². The molecule has 14 heavy (non-hydrogen) atoms. The van der Waals surface area contributed by atoms with Crippen LogP contribution in [0.2, 0.25) is 0 Å². The summed E-state index contributed by atoms with van der Waals surface area (Å²) in [6.45, 7) is 2.05. The number of thiazole rings is 1. The van der Waals surface area contributed by atoms with Crippen LogP contribution in [0.3, 0.4) is 0 Å². The maximum absolute atomic E-state index is 9.87. The number of aliphatic hydroxyl groups excluding tert-OH is 1. The summed E-state index contributed by atoms with van der Waals surface area (Å²) in [5, 5.41) is 12.8. The van der Waals surface area contributed by atoms with Gasteiger partial charge in [-0.3, -0.25) is 0 Å². The number of hydrogen-bond donors (Lipinski definition) is 1. The minimum absolute atomic E-state index is 0.662. The molecule has 0 aliphatic carbocycles. The second kappa shape index (κ2) is 3.94. The number of aromatic nitrogens is 1. The SMILES string of the molecule is CCc1nc(C(O)c2ccoc2)cs1. The Morgan fingerprint density at radius 1 is 1.64 bits per heavy atom. The predicted molar refractivity (Wildman–Crippen MR) is 54.3 cm³/mol. The van der Waals surface area contributed by atoms with E-state index < -0.39 is 6.10 Å². The molecule has 0 radical (unpaired) electrons. The van der Waals surface area contributed by atoms with Crippen LogP contribution in [0.4, 0.5) is 0 Å². The first kappa shape index (κ1) is 9.43. The molecule has 0 saturated carbocycles. The molecule has 2 rings (SSSR count). The number of nitrogens with zero attached hydrogens (tertiary/aromatic N) is 1. The van der Waals surface area contributed by atoms with Gasteiger partial charge in [0.1, 0.15) is 6.10 Å². The maximum Gasteiger partial charge on any atom is 0.125 e. The lowest BCUT2D eigenvalue weighted by Gasteiger charge is -2.03. The van der Waals surface area contributed by atoms with Crippen molar-refractivity contribution in [3.8, 4) is 0 Å². The highest BCUT2D eigenvalue weighted by atomic mass is 32.1. The van der Waals surface area contributed by atoms with Crippen LogP contribution in [0.25, 0.3) is 0 Å². The van der Waals surface area contributed by atoms with E-state index in [1.165, 1.54) is 6.26 Å². The van der Waals surface area contributed by atoms with Gasteiger partial charge in [0.05, 0.1) is 23.2 Å². The summed E-state index contributed by atoms with van der Waals surface area (Å²) in [5.74, 6) is 0. The van der Waals surface area contributed by atoms with E-state index in [1.54, 1.807) is 23.7 Å². The third-order valence-electron chi connectivity index (χ3n) is 2.01. The highest BCUT2D eigenvalue weighted by molar-refractivity contribution is 7.09. The fourth-order valence-electron chi connectivity index (χ4n) is 1.21. The zero-order valence-electron chi connectivity index (χ0n) is 7.80. The lowest BCUT2D eigenvalue weighted by molar-refractivity contribution is 0.215. The lowest BCUT2D eigenvalue weighted by Crippen LogP contribution is -1.98. The van der Waals surface area contributed by atoms with Crippen molar-refractivity contribution in [1.29, 1.82) is 0 Å². The van der Waals surface area contributed by atoms with Gasteiger partial charge < -0.3 is 9.52 Å². The first-order valence-corrected chi connectivity index (χ1v) is 5.33. The summed E-state index contributed by atoms with van der Waals surface area (Å²) < 4.78 is 4.91. The molecular weight excluding hydrogens is 198 g/mol. The van der Waals surface area contributed by atoms with Crippen molar-refractivity contribution >= 4 is 11.3 Å². The Balaban J connectivity index is 2.23. The van der Waals surface area contributed by atoms with Crippen molar-refractivity contribution in [2.75, 3.05) is 0 Å². The van der Waals surface area contributed by atoms with Gasteiger partial charge in [0.25, 0.3) is 0 Å². The summed E-state index contributed by atoms with van der Waals surface area (Å²) in [6.07, 6.45) is 3.33. The molecule has 74 valence electrons. The van der Waals surface area contributed by atoms with Crippen LogP contribution in [0.15, 0.2) is 28.4 Å². The Morgan fingerprint density at radius 3 is 3.07 bits per heavy atom. The lowest BCUT2D eigenvalue weighted by atomic mass is 10.1. The van der Waals surface area contributed by atoms with Crippen LogP contribution < -0.4 is 0 Å². The van der Waals surface area contributed by atoms with Crippen LogP contribution in [0.5, 0.6) is 0 Å². The first-order valence-electron chi connectivity index (χ1n) is 4.45. The van der Waals surface area contributed by atoms with Gasteiger partial charge in [0, 0.05) is 10.9 Å². The van der Waals surface area contributed by atoms with E-state index in [1.807, 2.05) is 12.3 Å². The van der Waals surface area contributed by atoms with Crippen molar-refractivity contribution in [3.63, 3.8) is 0 Å². The average Bonchev–Trinajstić information content (AvgIpc) is 2.88. The molecule has 2 aromatic heterocycles. The summed E-state index contributed by atoms with van der Waals surface area (Å²) in [6, 6.07) is 1.75. The van der Waals surface area contributed by atoms with Crippen LogP contribution in [-0.2, 0) is 6.42 Å². The van der Waals surface area contributed by atoms with E-state index in [2.05, 4.69) is 4.98 Å². The van der Waals surface area contributed by atoms with Crippen LogP contribution in [-0.4, -0.2) is 10.1 Å². The molecule has 4 heteroatoms. The average molecular weight is 209 g/mol. The molecule has 0 aromatic carbocycles. The van der Waals surface area contributed by atoms with Crippen LogP contribution in [0.1, 0.15) is 29.3 Å². The summed E-state index contributed by atoms with van der Waals surface area (Å²) in [5.41, 5.74) is 1.45. The van der Waals surface area contributed by atoms with Gasteiger partial charge >= 0.3 is 0 Å². The number of furan rings is 1. The van der Waals surface area contributed by atoms with E-state index in [0.29, 0.717) is 5.69 Å². The van der Waals surface area contributed by atoms with E-state index in [-0.39, 0.29) is 0 Å². The third kappa shape index (κ3) is 1.71. The Labute approximate surface area is 86.0 Å². The zero-order chi connectivity index (χ0) is 9.97. The van der Waals surface area contributed by atoms with Crippen molar-refractivity contribution in [2.24, 2.45) is 0 Å². The number of rotatable bonds is 3. The molecule has 0 bridgehead atoms. The maximum atomic E-state index is 9.87. The molecule has 1 atom stereocenters.